The monoisotopic (exact) mass is 471 g/mol. The van der Waals surface area contributed by atoms with Gasteiger partial charge in [-0.1, -0.05) is 24.3 Å². The largest absolute Gasteiger partial charge is 0.495 e. The summed E-state index contributed by atoms with van der Waals surface area (Å²) in [5.41, 5.74) is 1.98. The maximum Gasteiger partial charge on any atom is 0.243 e. The van der Waals surface area contributed by atoms with Gasteiger partial charge in [0.05, 0.1) is 29.3 Å². The van der Waals surface area contributed by atoms with E-state index in [0.717, 1.165) is 11.9 Å². The van der Waals surface area contributed by atoms with Crippen LogP contribution in [0.15, 0.2) is 47.4 Å². The summed E-state index contributed by atoms with van der Waals surface area (Å²) in [4.78, 5) is 12.9. The van der Waals surface area contributed by atoms with Crippen LogP contribution >= 0.6 is 0 Å². The Kier molecular flexibility index (Phi) is 6.66. The lowest BCUT2D eigenvalue weighted by molar-refractivity contribution is -0.120. The molecule has 1 aromatic heterocycles. The maximum absolute atomic E-state index is 13.2. The molecule has 1 amide bonds. The number of sulfonamides is 1. The molecule has 0 aliphatic carbocycles. The lowest BCUT2D eigenvalue weighted by Crippen LogP contribution is -2.41. The fourth-order valence-corrected chi connectivity index (χ4v) is 5.56. The lowest BCUT2D eigenvalue weighted by atomic mass is 9.97. The van der Waals surface area contributed by atoms with Gasteiger partial charge in [-0.15, -0.1) is 5.10 Å². The molecule has 0 bridgehead atoms. The number of fused-ring (bicyclic) bond motifs is 1. The molecule has 0 unspecified atom stereocenters. The molecule has 176 valence electrons. The van der Waals surface area contributed by atoms with Gasteiger partial charge in [-0.25, -0.2) is 13.1 Å². The van der Waals surface area contributed by atoms with Crippen LogP contribution in [0, 0.1) is 5.92 Å². The summed E-state index contributed by atoms with van der Waals surface area (Å²) in [5.74, 6) is 0.199. The summed E-state index contributed by atoms with van der Waals surface area (Å²) in [6.07, 6.45) is 1.80. The minimum Gasteiger partial charge on any atom is -0.495 e. The van der Waals surface area contributed by atoms with E-state index in [-0.39, 0.29) is 35.9 Å². The third-order valence-corrected chi connectivity index (χ3v) is 8.17. The van der Waals surface area contributed by atoms with Crippen molar-refractivity contribution in [1.82, 2.24) is 19.3 Å². The fraction of sp³-hybridized carbons (Fsp3) is 0.435. The molecule has 9 nitrogen and oxygen atoms in total. The molecule has 2 heterocycles. The number of aromatic nitrogens is 3. The van der Waals surface area contributed by atoms with Gasteiger partial charge in [0, 0.05) is 19.0 Å². The molecule has 3 aromatic rings. The predicted molar refractivity (Wildman–Crippen MR) is 126 cm³/mol. The van der Waals surface area contributed by atoms with E-state index in [4.69, 9.17) is 4.74 Å². The van der Waals surface area contributed by atoms with E-state index >= 15 is 0 Å². The molecule has 10 heteroatoms. The standard InChI is InChI=1S/C23H29N5O4S/c1-4-16(2)28-21-10-9-18(15-20(21)25-26-28)33(30,31)27-13-11-17(12-14-27)23(29)24-19-7-5-6-8-22(19)32-3/h5-10,15-17H,4,11-14H2,1-3H3,(H,24,29)/t16-/m1/s1. The number of para-hydroxylation sites is 2. The summed E-state index contributed by atoms with van der Waals surface area (Å²) in [6, 6.07) is 12.4. The smallest absolute Gasteiger partial charge is 0.243 e. The number of rotatable bonds is 7. The minimum absolute atomic E-state index is 0.125. The Morgan fingerprint density at radius 1 is 1.21 bits per heavy atom. The molecular formula is C23H29N5O4S. The first-order chi connectivity index (χ1) is 15.8. The van der Waals surface area contributed by atoms with E-state index in [1.807, 2.05) is 23.7 Å². The molecule has 33 heavy (non-hydrogen) atoms. The van der Waals surface area contributed by atoms with Gasteiger partial charge >= 0.3 is 0 Å². The number of piperidine rings is 1. The number of hydrogen-bond donors (Lipinski definition) is 1. The van der Waals surface area contributed by atoms with Crippen molar-refractivity contribution in [3.05, 3.63) is 42.5 Å². The van der Waals surface area contributed by atoms with Gasteiger partial charge in [0.1, 0.15) is 11.3 Å². The van der Waals surface area contributed by atoms with Crippen LogP contribution in [0.3, 0.4) is 0 Å². The Morgan fingerprint density at radius 2 is 1.94 bits per heavy atom. The number of nitrogens with one attached hydrogen (secondary N) is 1. The molecule has 0 radical (unpaired) electrons. The summed E-state index contributed by atoms with van der Waals surface area (Å²) in [6.45, 7) is 4.68. The minimum atomic E-state index is -3.68. The van der Waals surface area contributed by atoms with Crippen molar-refractivity contribution in [1.29, 1.82) is 0 Å². The molecule has 4 rings (SSSR count). The van der Waals surface area contributed by atoms with Gasteiger partial charge < -0.3 is 10.1 Å². The summed E-state index contributed by atoms with van der Waals surface area (Å²) >= 11 is 0. The molecule has 1 saturated heterocycles. The van der Waals surface area contributed by atoms with Gasteiger partial charge in [-0.3, -0.25) is 4.79 Å². The zero-order chi connectivity index (χ0) is 23.6. The fourth-order valence-electron chi connectivity index (χ4n) is 4.07. The zero-order valence-corrected chi connectivity index (χ0v) is 19.9. The number of ether oxygens (including phenoxy) is 1. The van der Waals surface area contributed by atoms with Crippen molar-refractivity contribution in [3.63, 3.8) is 0 Å². The summed E-state index contributed by atoms with van der Waals surface area (Å²) < 4.78 is 35.0. The second-order valence-electron chi connectivity index (χ2n) is 8.31. The lowest BCUT2D eigenvalue weighted by Gasteiger charge is -2.30. The van der Waals surface area contributed by atoms with Crippen molar-refractivity contribution >= 4 is 32.7 Å². The predicted octanol–water partition coefficient (Wildman–Crippen LogP) is 3.45. The summed E-state index contributed by atoms with van der Waals surface area (Å²) in [5, 5.41) is 11.2. The summed E-state index contributed by atoms with van der Waals surface area (Å²) in [7, 11) is -2.13. The number of methoxy groups -OCH3 is 1. The van der Waals surface area contributed by atoms with Crippen LogP contribution < -0.4 is 10.1 Å². The number of amides is 1. The van der Waals surface area contributed by atoms with E-state index in [2.05, 4.69) is 22.6 Å². The highest BCUT2D eigenvalue weighted by Gasteiger charge is 2.32. The highest BCUT2D eigenvalue weighted by molar-refractivity contribution is 7.89. The normalized spacial score (nSPS) is 16.6. The molecule has 1 fully saturated rings. The molecular weight excluding hydrogens is 442 g/mol. The number of carbonyl (C=O) groups is 1. The first-order valence-electron chi connectivity index (χ1n) is 11.1. The van der Waals surface area contributed by atoms with Crippen LogP contribution in [-0.4, -0.2) is 53.8 Å². The van der Waals surface area contributed by atoms with Crippen LogP contribution in [0.5, 0.6) is 5.75 Å². The Hall–Kier alpha value is -2.98. The number of carbonyl (C=O) groups excluding carboxylic acids is 1. The Balaban J connectivity index is 1.44. The average molecular weight is 472 g/mol. The van der Waals surface area contributed by atoms with Crippen molar-refractivity contribution in [3.8, 4) is 5.75 Å². The SMILES string of the molecule is CC[C@@H](C)n1nnc2cc(S(=O)(=O)N3CCC(C(=O)Nc4ccccc4OC)CC3)ccc21. The number of hydrogen-bond acceptors (Lipinski definition) is 6. The number of nitrogens with zero attached hydrogens (tertiary/aromatic N) is 4. The van der Waals surface area contributed by atoms with E-state index in [0.29, 0.717) is 29.8 Å². The van der Waals surface area contributed by atoms with Crippen LogP contribution in [0.2, 0.25) is 0 Å². The number of anilines is 1. The van der Waals surface area contributed by atoms with Crippen molar-refractivity contribution in [2.24, 2.45) is 5.92 Å². The van der Waals surface area contributed by atoms with Gasteiger partial charge in [-0.05, 0) is 56.5 Å². The van der Waals surface area contributed by atoms with Crippen molar-refractivity contribution in [2.75, 3.05) is 25.5 Å². The Morgan fingerprint density at radius 3 is 2.64 bits per heavy atom. The third-order valence-electron chi connectivity index (χ3n) is 6.28. The van der Waals surface area contributed by atoms with Crippen molar-refractivity contribution < 1.29 is 17.9 Å². The average Bonchev–Trinajstić information content (AvgIpc) is 3.27. The van der Waals surface area contributed by atoms with E-state index < -0.39 is 10.0 Å². The topological polar surface area (TPSA) is 106 Å². The molecule has 1 atom stereocenters. The number of benzene rings is 2. The van der Waals surface area contributed by atoms with E-state index in [1.54, 1.807) is 37.4 Å². The van der Waals surface area contributed by atoms with Crippen molar-refractivity contribution in [2.45, 2.75) is 44.0 Å². The first kappa shape index (κ1) is 23.2. The molecule has 1 aliphatic heterocycles. The quantitative estimate of drug-likeness (QED) is 0.566. The van der Waals surface area contributed by atoms with Crippen LogP contribution in [0.25, 0.3) is 11.0 Å². The maximum atomic E-state index is 13.2. The van der Waals surface area contributed by atoms with Gasteiger partial charge in [0.25, 0.3) is 0 Å². The highest BCUT2D eigenvalue weighted by atomic mass is 32.2. The molecule has 0 spiro atoms. The van der Waals surface area contributed by atoms with E-state index in [1.165, 1.54) is 4.31 Å². The highest BCUT2D eigenvalue weighted by Crippen LogP contribution is 2.29. The first-order valence-corrected chi connectivity index (χ1v) is 12.6. The van der Waals surface area contributed by atoms with Crippen LogP contribution in [0.1, 0.15) is 39.2 Å². The Bertz CT molecular complexity index is 1250. The second-order valence-corrected chi connectivity index (χ2v) is 10.2. The van der Waals surface area contributed by atoms with Gasteiger partial charge in [0.2, 0.25) is 15.9 Å². The van der Waals surface area contributed by atoms with Gasteiger partial charge in [0.15, 0.2) is 0 Å². The molecule has 0 saturated carbocycles. The second kappa shape index (κ2) is 9.48. The Labute approximate surface area is 193 Å². The zero-order valence-electron chi connectivity index (χ0n) is 19.1. The molecule has 2 aromatic carbocycles. The molecule has 1 N–H and O–H groups in total. The van der Waals surface area contributed by atoms with E-state index in [9.17, 15) is 13.2 Å². The third kappa shape index (κ3) is 4.58. The van der Waals surface area contributed by atoms with Crippen LogP contribution in [0.4, 0.5) is 5.69 Å². The van der Waals surface area contributed by atoms with Gasteiger partial charge in [-0.2, -0.15) is 4.31 Å². The molecule has 1 aliphatic rings. The van der Waals surface area contributed by atoms with Crippen LogP contribution in [-0.2, 0) is 14.8 Å².